The SMILES string of the molecule is CCc1c(C(C)(C)C)ccc2c1oc1ccccc12. The maximum absolute atomic E-state index is 6.11. The zero-order valence-electron chi connectivity index (χ0n) is 12.1. The molecule has 2 aromatic carbocycles. The largest absolute Gasteiger partial charge is 0.456 e. The van der Waals surface area contributed by atoms with Gasteiger partial charge in [-0.1, -0.05) is 58.0 Å². The van der Waals surface area contributed by atoms with E-state index in [1.165, 1.54) is 21.9 Å². The first-order valence-corrected chi connectivity index (χ1v) is 6.96. The van der Waals surface area contributed by atoms with Crippen molar-refractivity contribution < 1.29 is 4.42 Å². The second-order valence-electron chi connectivity index (χ2n) is 6.17. The van der Waals surface area contributed by atoms with Crippen LogP contribution in [0.2, 0.25) is 0 Å². The van der Waals surface area contributed by atoms with Gasteiger partial charge in [0.25, 0.3) is 0 Å². The van der Waals surface area contributed by atoms with Crippen LogP contribution >= 0.6 is 0 Å². The molecule has 0 N–H and O–H groups in total. The van der Waals surface area contributed by atoms with E-state index < -0.39 is 0 Å². The lowest BCUT2D eigenvalue weighted by Gasteiger charge is -2.22. The van der Waals surface area contributed by atoms with Crippen molar-refractivity contribution in [1.29, 1.82) is 0 Å². The van der Waals surface area contributed by atoms with Gasteiger partial charge in [0.2, 0.25) is 0 Å². The van der Waals surface area contributed by atoms with Crippen LogP contribution in [0.1, 0.15) is 38.8 Å². The van der Waals surface area contributed by atoms with Gasteiger partial charge in [-0.25, -0.2) is 0 Å². The lowest BCUT2D eigenvalue weighted by molar-refractivity contribution is 0.579. The molecule has 0 amide bonds. The molecule has 1 heterocycles. The molecule has 19 heavy (non-hydrogen) atoms. The highest BCUT2D eigenvalue weighted by Gasteiger charge is 2.21. The summed E-state index contributed by atoms with van der Waals surface area (Å²) in [7, 11) is 0. The van der Waals surface area contributed by atoms with Crippen molar-refractivity contribution >= 4 is 21.9 Å². The molecule has 0 bridgehead atoms. The predicted molar refractivity (Wildman–Crippen MR) is 81.8 cm³/mol. The molecule has 0 aliphatic rings. The van der Waals surface area contributed by atoms with Gasteiger partial charge in [-0.05, 0) is 29.0 Å². The molecule has 1 nitrogen and oxygen atoms in total. The van der Waals surface area contributed by atoms with Crippen molar-refractivity contribution in [1.82, 2.24) is 0 Å². The van der Waals surface area contributed by atoms with Crippen molar-refractivity contribution in [3.8, 4) is 0 Å². The van der Waals surface area contributed by atoms with Gasteiger partial charge in [0.05, 0.1) is 0 Å². The average molecular weight is 252 g/mol. The number of para-hydroxylation sites is 1. The topological polar surface area (TPSA) is 13.1 Å². The van der Waals surface area contributed by atoms with Crippen LogP contribution in [0, 0.1) is 0 Å². The standard InChI is InChI=1S/C18H20O/c1-5-12-15(18(2,3)4)11-10-14-13-8-6-7-9-16(13)19-17(12)14/h6-11H,5H2,1-4H3. The number of hydrogen-bond acceptors (Lipinski definition) is 1. The number of hydrogen-bond donors (Lipinski definition) is 0. The van der Waals surface area contributed by atoms with E-state index >= 15 is 0 Å². The third-order valence-electron chi connectivity index (χ3n) is 3.81. The highest BCUT2D eigenvalue weighted by molar-refractivity contribution is 6.06. The van der Waals surface area contributed by atoms with E-state index in [0.717, 1.165) is 17.6 Å². The Kier molecular flexibility index (Phi) is 2.67. The zero-order chi connectivity index (χ0) is 13.6. The van der Waals surface area contributed by atoms with E-state index in [9.17, 15) is 0 Å². The van der Waals surface area contributed by atoms with E-state index in [1.807, 2.05) is 12.1 Å². The molecule has 0 atom stereocenters. The molecule has 0 aliphatic carbocycles. The molecular formula is C18H20O. The Balaban J connectivity index is 2.44. The molecule has 98 valence electrons. The van der Waals surface area contributed by atoms with Crippen LogP contribution in [0.25, 0.3) is 21.9 Å². The van der Waals surface area contributed by atoms with Crippen LogP contribution in [-0.2, 0) is 11.8 Å². The van der Waals surface area contributed by atoms with Crippen molar-refractivity contribution in [2.24, 2.45) is 0 Å². The van der Waals surface area contributed by atoms with Crippen molar-refractivity contribution in [3.05, 3.63) is 47.5 Å². The van der Waals surface area contributed by atoms with E-state index in [4.69, 9.17) is 4.42 Å². The number of rotatable bonds is 1. The minimum absolute atomic E-state index is 0.151. The molecule has 0 unspecified atom stereocenters. The van der Waals surface area contributed by atoms with Gasteiger partial charge in [0.1, 0.15) is 11.2 Å². The Morgan fingerprint density at radius 1 is 0.947 bits per heavy atom. The van der Waals surface area contributed by atoms with Crippen LogP contribution in [0.15, 0.2) is 40.8 Å². The minimum Gasteiger partial charge on any atom is -0.456 e. The van der Waals surface area contributed by atoms with Crippen LogP contribution in [0.4, 0.5) is 0 Å². The van der Waals surface area contributed by atoms with E-state index in [1.54, 1.807) is 0 Å². The molecule has 0 aliphatic heterocycles. The summed E-state index contributed by atoms with van der Waals surface area (Å²) in [5.41, 5.74) is 4.94. The highest BCUT2D eigenvalue weighted by Crippen LogP contribution is 2.36. The summed E-state index contributed by atoms with van der Waals surface area (Å²) in [5.74, 6) is 0. The summed E-state index contributed by atoms with van der Waals surface area (Å²) in [6.07, 6.45) is 1.00. The normalized spacial score (nSPS) is 12.4. The molecule has 3 rings (SSSR count). The lowest BCUT2D eigenvalue weighted by Crippen LogP contribution is -2.14. The third kappa shape index (κ3) is 1.85. The Morgan fingerprint density at radius 3 is 2.37 bits per heavy atom. The maximum Gasteiger partial charge on any atom is 0.138 e. The summed E-state index contributed by atoms with van der Waals surface area (Å²) in [4.78, 5) is 0. The fourth-order valence-electron chi connectivity index (χ4n) is 2.90. The van der Waals surface area contributed by atoms with Gasteiger partial charge in [-0.15, -0.1) is 0 Å². The van der Waals surface area contributed by atoms with Crippen molar-refractivity contribution in [2.75, 3.05) is 0 Å². The Bertz CT molecular complexity index is 741. The monoisotopic (exact) mass is 252 g/mol. The predicted octanol–water partition coefficient (Wildman–Crippen LogP) is 5.45. The molecule has 1 heteroatoms. The summed E-state index contributed by atoms with van der Waals surface area (Å²) in [5, 5.41) is 2.45. The van der Waals surface area contributed by atoms with Crippen molar-refractivity contribution in [3.63, 3.8) is 0 Å². The first-order valence-electron chi connectivity index (χ1n) is 6.96. The van der Waals surface area contributed by atoms with Gasteiger partial charge < -0.3 is 4.42 Å². The fraction of sp³-hybridized carbons (Fsp3) is 0.333. The molecule has 3 aromatic rings. The number of benzene rings is 2. The van der Waals surface area contributed by atoms with Crippen LogP contribution in [-0.4, -0.2) is 0 Å². The zero-order valence-corrected chi connectivity index (χ0v) is 12.1. The third-order valence-corrected chi connectivity index (χ3v) is 3.81. The Hall–Kier alpha value is -1.76. The first-order chi connectivity index (χ1) is 9.02. The lowest BCUT2D eigenvalue weighted by atomic mass is 9.82. The van der Waals surface area contributed by atoms with Crippen LogP contribution in [0.3, 0.4) is 0 Å². The summed E-state index contributed by atoms with van der Waals surface area (Å²) in [6, 6.07) is 12.8. The number of fused-ring (bicyclic) bond motifs is 3. The van der Waals surface area contributed by atoms with Gasteiger partial charge in [-0.3, -0.25) is 0 Å². The first kappa shape index (κ1) is 12.3. The maximum atomic E-state index is 6.11. The fourth-order valence-corrected chi connectivity index (χ4v) is 2.90. The molecule has 0 saturated carbocycles. The van der Waals surface area contributed by atoms with Crippen molar-refractivity contribution in [2.45, 2.75) is 39.5 Å². The minimum atomic E-state index is 0.151. The number of aryl methyl sites for hydroxylation is 1. The summed E-state index contributed by atoms with van der Waals surface area (Å²) >= 11 is 0. The van der Waals surface area contributed by atoms with E-state index in [2.05, 4.69) is 52.0 Å². The van der Waals surface area contributed by atoms with Crippen LogP contribution < -0.4 is 0 Å². The second-order valence-corrected chi connectivity index (χ2v) is 6.17. The van der Waals surface area contributed by atoms with E-state index in [-0.39, 0.29) is 5.41 Å². The quantitative estimate of drug-likeness (QED) is 0.561. The smallest absolute Gasteiger partial charge is 0.138 e. The Labute approximate surface area is 114 Å². The summed E-state index contributed by atoms with van der Waals surface area (Å²) in [6.45, 7) is 8.99. The average Bonchev–Trinajstić information content (AvgIpc) is 2.75. The second kappa shape index (κ2) is 4.12. The Morgan fingerprint density at radius 2 is 1.68 bits per heavy atom. The molecule has 1 aromatic heterocycles. The molecular weight excluding hydrogens is 232 g/mol. The molecule has 0 fully saturated rings. The number of furan rings is 1. The van der Waals surface area contributed by atoms with E-state index in [0.29, 0.717) is 0 Å². The molecule has 0 radical (unpaired) electrons. The van der Waals surface area contributed by atoms with Gasteiger partial charge in [-0.2, -0.15) is 0 Å². The highest BCUT2D eigenvalue weighted by atomic mass is 16.3. The van der Waals surface area contributed by atoms with Gasteiger partial charge >= 0.3 is 0 Å². The van der Waals surface area contributed by atoms with Gasteiger partial charge in [0.15, 0.2) is 0 Å². The summed E-state index contributed by atoms with van der Waals surface area (Å²) < 4.78 is 6.11. The molecule has 0 saturated heterocycles. The van der Waals surface area contributed by atoms with Crippen LogP contribution in [0.5, 0.6) is 0 Å². The molecule has 0 spiro atoms. The van der Waals surface area contributed by atoms with Gasteiger partial charge in [0, 0.05) is 10.8 Å².